The molecule has 0 saturated carbocycles. The number of quaternary nitrogens is 1. The van der Waals surface area contributed by atoms with Crippen molar-refractivity contribution in [3.8, 4) is 0 Å². The van der Waals surface area contributed by atoms with Crippen molar-refractivity contribution < 1.29 is 32.9 Å². The molecule has 0 aliphatic heterocycles. The fourth-order valence-electron chi connectivity index (χ4n) is 9.93. The van der Waals surface area contributed by atoms with E-state index >= 15 is 0 Å². The number of phosphoric acid groups is 1. The monoisotopic (exact) mass is 1010 g/mol. The molecule has 0 fully saturated rings. The third kappa shape index (κ3) is 55.3. The molecular formula is C61H126N2O6P+. The highest BCUT2D eigenvalue weighted by Crippen LogP contribution is 2.43. The summed E-state index contributed by atoms with van der Waals surface area (Å²) in [4.78, 5) is 23.4. The molecular weight excluding hydrogens is 888 g/mol. The van der Waals surface area contributed by atoms with Gasteiger partial charge in [0.25, 0.3) is 0 Å². The van der Waals surface area contributed by atoms with E-state index in [1.54, 1.807) is 0 Å². The van der Waals surface area contributed by atoms with Crippen LogP contribution in [0.15, 0.2) is 0 Å². The average Bonchev–Trinajstić information content (AvgIpc) is 3.32. The first-order valence-corrected chi connectivity index (χ1v) is 32.9. The van der Waals surface area contributed by atoms with Crippen molar-refractivity contribution in [1.29, 1.82) is 0 Å². The summed E-state index contributed by atoms with van der Waals surface area (Å²) in [6, 6.07) is -0.756. The van der Waals surface area contributed by atoms with Gasteiger partial charge >= 0.3 is 7.82 Å². The van der Waals surface area contributed by atoms with E-state index in [0.717, 1.165) is 38.5 Å². The minimum Gasteiger partial charge on any atom is -0.391 e. The van der Waals surface area contributed by atoms with Crippen LogP contribution in [0.1, 0.15) is 335 Å². The van der Waals surface area contributed by atoms with E-state index in [1.807, 2.05) is 21.1 Å². The van der Waals surface area contributed by atoms with Gasteiger partial charge in [-0.05, 0) is 12.8 Å². The zero-order valence-electron chi connectivity index (χ0n) is 48.1. The summed E-state index contributed by atoms with van der Waals surface area (Å²) in [5, 5.41) is 14.1. The van der Waals surface area contributed by atoms with Crippen LogP contribution < -0.4 is 5.32 Å². The maximum atomic E-state index is 13.0. The van der Waals surface area contributed by atoms with E-state index in [2.05, 4.69) is 19.2 Å². The highest BCUT2D eigenvalue weighted by atomic mass is 31.2. The third-order valence-corrected chi connectivity index (χ3v) is 15.8. The first kappa shape index (κ1) is 69.5. The topological polar surface area (TPSA) is 105 Å². The minimum absolute atomic E-state index is 0.0793. The lowest BCUT2D eigenvalue weighted by Gasteiger charge is -2.26. The Bertz CT molecular complexity index is 1100. The Morgan fingerprint density at radius 3 is 0.957 bits per heavy atom. The number of amides is 1. The van der Waals surface area contributed by atoms with Crippen LogP contribution in [0.2, 0.25) is 0 Å². The fraction of sp³-hybridized carbons (Fsp3) is 0.984. The number of rotatable bonds is 59. The molecule has 0 radical (unpaired) electrons. The molecule has 0 aromatic heterocycles. The number of carbonyl (C=O) groups is 1. The number of hydrogen-bond acceptors (Lipinski definition) is 5. The van der Waals surface area contributed by atoms with Crippen molar-refractivity contribution in [3.63, 3.8) is 0 Å². The molecule has 0 bridgehead atoms. The standard InChI is InChI=1S/C61H125N2O6P/c1-6-8-10-12-14-16-18-20-22-24-26-28-30-31-33-34-36-38-40-42-44-46-48-50-52-54-60(64)59(58-69-70(66,67)68-57-56-63(3,4)5)62-61(65)55-53-51-49-47-45-43-41-39-37-35-32-29-27-25-23-21-19-17-15-13-11-9-7-2/h59-60,64H,6-58H2,1-5H3,(H-,62,65,66,67)/p+1. The van der Waals surface area contributed by atoms with Gasteiger partial charge in [-0.1, -0.05) is 316 Å². The number of carbonyl (C=O) groups excluding carboxylic acids is 1. The molecule has 0 heterocycles. The molecule has 420 valence electrons. The van der Waals surface area contributed by atoms with Crippen molar-refractivity contribution in [2.75, 3.05) is 40.9 Å². The summed E-state index contributed by atoms with van der Waals surface area (Å²) in [7, 11) is 1.64. The van der Waals surface area contributed by atoms with E-state index in [1.165, 1.54) is 270 Å². The lowest BCUT2D eigenvalue weighted by Crippen LogP contribution is -2.46. The molecule has 70 heavy (non-hydrogen) atoms. The summed E-state index contributed by atoms with van der Waals surface area (Å²) in [6.45, 7) is 4.96. The van der Waals surface area contributed by atoms with E-state index in [4.69, 9.17) is 9.05 Å². The SMILES string of the molecule is CCCCCCCCCCCCCCCCCCCCCCCCCCCC(O)C(COP(=O)(O)OCC[N+](C)(C)C)NC(=O)CCCCCCCCCCCCCCCCCCCCCCCCC. The van der Waals surface area contributed by atoms with E-state index in [9.17, 15) is 19.4 Å². The van der Waals surface area contributed by atoms with Gasteiger partial charge in [0.15, 0.2) is 0 Å². The number of aliphatic hydroxyl groups is 1. The highest BCUT2D eigenvalue weighted by Gasteiger charge is 2.28. The molecule has 3 atom stereocenters. The van der Waals surface area contributed by atoms with E-state index in [-0.39, 0.29) is 19.1 Å². The lowest BCUT2D eigenvalue weighted by molar-refractivity contribution is -0.870. The van der Waals surface area contributed by atoms with Gasteiger partial charge in [0.1, 0.15) is 13.2 Å². The van der Waals surface area contributed by atoms with Crippen LogP contribution in [-0.2, 0) is 18.4 Å². The Hall–Kier alpha value is -0.500. The molecule has 0 aromatic carbocycles. The Labute approximate surface area is 438 Å². The molecule has 3 N–H and O–H groups in total. The van der Waals surface area contributed by atoms with Crippen LogP contribution in [-0.4, -0.2) is 73.4 Å². The maximum Gasteiger partial charge on any atom is 0.472 e. The lowest BCUT2D eigenvalue weighted by atomic mass is 10.0. The Morgan fingerprint density at radius 2 is 0.686 bits per heavy atom. The van der Waals surface area contributed by atoms with Gasteiger partial charge in [-0.2, -0.15) is 0 Å². The Balaban J connectivity index is 4.07. The zero-order valence-corrected chi connectivity index (χ0v) is 48.9. The second-order valence-corrected chi connectivity index (χ2v) is 24.6. The smallest absolute Gasteiger partial charge is 0.391 e. The number of likely N-dealkylation sites (N-methyl/N-ethyl adjacent to an activating group) is 1. The van der Waals surface area contributed by atoms with E-state index in [0.29, 0.717) is 23.9 Å². The van der Waals surface area contributed by atoms with Gasteiger partial charge in [0.05, 0.1) is 39.9 Å². The number of nitrogens with one attached hydrogen (secondary N) is 1. The van der Waals surface area contributed by atoms with Gasteiger partial charge in [0.2, 0.25) is 5.91 Å². The van der Waals surface area contributed by atoms with Crippen LogP contribution >= 0.6 is 7.82 Å². The third-order valence-electron chi connectivity index (χ3n) is 14.9. The zero-order chi connectivity index (χ0) is 51.3. The predicted molar refractivity (Wildman–Crippen MR) is 305 cm³/mol. The molecule has 0 aromatic rings. The number of hydrogen-bond donors (Lipinski definition) is 3. The highest BCUT2D eigenvalue weighted by molar-refractivity contribution is 7.47. The molecule has 9 heteroatoms. The molecule has 3 unspecified atom stereocenters. The van der Waals surface area contributed by atoms with Crippen molar-refractivity contribution in [2.45, 2.75) is 347 Å². The van der Waals surface area contributed by atoms with Crippen molar-refractivity contribution in [1.82, 2.24) is 5.32 Å². The molecule has 0 saturated heterocycles. The molecule has 0 rings (SSSR count). The van der Waals surface area contributed by atoms with Crippen LogP contribution in [0, 0.1) is 0 Å². The van der Waals surface area contributed by atoms with Gasteiger partial charge in [-0.15, -0.1) is 0 Å². The summed E-state index contributed by atoms with van der Waals surface area (Å²) in [6.07, 6.45) is 64.6. The summed E-state index contributed by atoms with van der Waals surface area (Å²) in [5.41, 5.74) is 0. The fourth-order valence-corrected chi connectivity index (χ4v) is 10.7. The second-order valence-electron chi connectivity index (χ2n) is 23.2. The second kappa shape index (κ2) is 53.3. The average molecular weight is 1010 g/mol. The van der Waals surface area contributed by atoms with Crippen LogP contribution in [0.3, 0.4) is 0 Å². The quantitative estimate of drug-likeness (QED) is 0.0318. The van der Waals surface area contributed by atoms with Gasteiger partial charge in [-0.3, -0.25) is 13.8 Å². The molecule has 8 nitrogen and oxygen atoms in total. The Kier molecular flexibility index (Phi) is 52.9. The van der Waals surface area contributed by atoms with E-state index < -0.39 is 20.0 Å². The van der Waals surface area contributed by atoms with Crippen molar-refractivity contribution in [2.24, 2.45) is 0 Å². The first-order valence-electron chi connectivity index (χ1n) is 31.4. The summed E-state index contributed by atoms with van der Waals surface area (Å²) < 4.78 is 23.8. The number of phosphoric ester groups is 1. The van der Waals surface area contributed by atoms with Gasteiger partial charge in [-0.25, -0.2) is 4.57 Å². The number of unbranched alkanes of at least 4 members (excludes halogenated alkanes) is 46. The minimum atomic E-state index is -4.32. The molecule has 0 spiro atoms. The van der Waals surface area contributed by atoms with Crippen molar-refractivity contribution in [3.05, 3.63) is 0 Å². The van der Waals surface area contributed by atoms with Crippen molar-refractivity contribution >= 4 is 13.7 Å². The van der Waals surface area contributed by atoms with Crippen LogP contribution in [0.25, 0.3) is 0 Å². The number of nitrogens with zero attached hydrogens (tertiary/aromatic N) is 1. The molecule has 0 aliphatic carbocycles. The number of aliphatic hydroxyl groups excluding tert-OH is 1. The maximum absolute atomic E-state index is 13.0. The molecule has 1 amide bonds. The van der Waals surface area contributed by atoms with Crippen LogP contribution in [0.5, 0.6) is 0 Å². The largest absolute Gasteiger partial charge is 0.472 e. The summed E-state index contributed by atoms with van der Waals surface area (Å²) >= 11 is 0. The van der Waals surface area contributed by atoms with Gasteiger partial charge in [0, 0.05) is 6.42 Å². The van der Waals surface area contributed by atoms with Gasteiger partial charge < -0.3 is 19.8 Å². The normalized spacial score (nSPS) is 13.8. The Morgan fingerprint density at radius 1 is 0.429 bits per heavy atom. The van der Waals surface area contributed by atoms with Crippen LogP contribution in [0.4, 0.5) is 0 Å². The predicted octanol–water partition coefficient (Wildman–Crippen LogP) is 19.2. The molecule has 0 aliphatic rings. The summed E-state index contributed by atoms with van der Waals surface area (Å²) in [5.74, 6) is -0.135. The first-order chi connectivity index (χ1) is 34.0.